The summed E-state index contributed by atoms with van der Waals surface area (Å²) in [6.07, 6.45) is 0. The molecule has 0 bridgehead atoms. The fourth-order valence-electron chi connectivity index (χ4n) is 2.85. The maximum absolute atomic E-state index is 11.4. The van der Waals surface area contributed by atoms with E-state index in [-0.39, 0.29) is 13.2 Å². The Morgan fingerprint density at radius 3 is 1.86 bits per heavy atom. The van der Waals surface area contributed by atoms with Crippen LogP contribution in [0.2, 0.25) is 0 Å². The summed E-state index contributed by atoms with van der Waals surface area (Å²) in [6, 6.07) is 14.0. The molecular formula is C20H23NO6S. The van der Waals surface area contributed by atoms with E-state index in [0.717, 1.165) is 0 Å². The van der Waals surface area contributed by atoms with Gasteiger partial charge in [-0.3, -0.25) is 10.1 Å². The van der Waals surface area contributed by atoms with Crippen molar-refractivity contribution in [2.24, 2.45) is 0 Å². The van der Waals surface area contributed by atoms with Gasteiger partial charge in [-0.2, -0.15) is 0 Å². The first-order valence-corrected chi connectivity index (χ1v) is 9.71. The third-order valence-electron chi connectivity index (χ3n) is 4.32. The van der Waals surface area contributed by atoms with E-state index >= 15 is 0 Å². The summed E-state index contributed by atoms with van der Waals surface area (Å²) >= 11 is 1.47. The lowest BCUT2D eigenvalue weighted by Crippen LogP contribution is -2.52. The molecule has 2 N–H and O–H groups in total. The molecule has 2 aromatic rings. The molecule has 1 aliphatic rings. The van der Waals surface area contributed by atoms with E-state index in [0.29, 0.717) is 28.8 Å². The molecule has 1 atom stereocenters. The van der Waals surface area contributed by atoms with Crippen molar-refractivity contribution in [3.05, 3.63) is 48.5 Å². The Morgan fingerprint density at radius 1 is 1.00 bits per heavy atom. The average molecular weight is 405 g/mol. The summed E-state index contributed by atoms with van der Waals surface area (Å²) in [5.74, 6) is 1.91. The van der Waals surface area contributed by atoms with Gasteiger partial charge in [0, 0.05) is 5.75 Å². The van der Waals surface area contributed by atoms with Crippen molar-refractivity contribution >= 4 is 17.7 Å². The number of carboxylic acids is 1. The summed E-state index contributed by atoms with van der Waals surface area (Å²) in [6.45, 7) is 0.411. The molecule has 2 aromatic carbocycles. The molecule has 0 aliphatic carbocycles. The Labute approximate surface area is 167 Å². The molecule has 0 saturated carbocycles. The average Bonchev–Trinajstić information content (AvgIpc) is 3.16. The minimum Gasteiger partial charge on any atom is -0.493 e. The number of methoxy groups -OCH3 is 2. The quantitative estimate of drug-likeness (QED) is 0.659. The van der Waals surface area contributed by atoms with Gasteiger partial charge >= 0.3 is 5.97 Å². The number of hydrogen-bond donors (Lipinski definition) is 2. The van der Waals surface area contributed by atoms with Crippen molar-refractivity contribution in [3.8, 4) is 23.0 Å². The summed E-state index contributed by atoms with van der Waals surface area (Å²) in [5.41, 5.74) is 0. The lowest BCUT2D eigenvalue weighted by molar-refractivity contribution is -0.139. The third-order valence-corrected chi connectivity index (χ3v) is 5.73. The number of para-hydroxylation sites is 4. The van der Waals surface area contributed by atoms with Crippen LogP contribution >= 0.6 is 11.8 Å². The topological polar surface area (TPSA) is 86.3 Å². The van der Waals surface area contributed by atoms with Crippen LogP contribution in [0.25, 0.3) is 0 Å². The van der Waals surface area contributed by atoms with E-state index < -0.39 is 16.9 Å². The molecule has 1 saturated heterocycles. The van der Waals surface area contributed by atoms with Crippen molar-refractivity contribution in [1.29, 1.82) is 0 Å². The number of rotatable bonds is 9. The van der Waals surface area contributed by atoms with E-state index in [9.17, 15) is 9.90 Å². The zero-order valence-corrected chi connectivity index (χ0v) is 16.5. The SMILES string of the molecule is COc1ccccc1OCC1(COc2ccccc2OC)NC(C(=O)O)CS1. The first kappa shape index (κ1) is 20.2. The Hall–Kier alpha value is -2.58. The molecule has 1 aliphatic heterocycles. The van der Waals surface area contributed by atoms with Gasteiger partial charge in [0.15, 0.2) is 23.0 Å². The van der Waals surface area contributed by atoms with Gasteiger partial charge in [-0.15, -0.1) is 11.8 Å². The molecule has 0 radical (unpaired) electrons. The van der Waals surface area contributed by atoms with Gasteiger partial charge < -0.3 is 24.1 Å². The molecule has 1 fully saturated rings. The fraction of sp³-hybridized carbons (Fsp3) is 0.350. The highest BCUT2D eigenvalue weighted by atomic mass is 32.2. The van der Waals surface area contributed by atoms with Gasteiger partial charge in [-0.1, -0.05) is 24.3 Å². The lowest BCUT2D eigenvalue weighted by atomic mass is 10.2. The van der Waals surface area contributed by atoms with E-state index in [1.54, 1.807) is 14.2 Å². The van der Waals surface area contributed by atoms with E-state index in [1.165, 1.54) is 11.8 Å². The van der Waals surface area contributed by atoms with Gasteiger partial charge in [0.25, 0.3) is 0 Å². The number of carbonyl (C=O) groups is 1. The maximum Gasteiger partial charge on any atom is 0.321 e. The minimum atomic E-state index is -0.899. The van der Waals surface area contributed by atoms with Crippen LogP contribution in [0.1, 0.15) is 0 Å². The predicted molar refractivity (Wildman–Crippen MR) is 107 cm³/mol. The Bertz CT molecular complexity index is 763. The molecule has 1 heterocycles. The number of hydrogen-bond acceptors (Lipinski definition) is 7. The highest BCUT2D eigenvalue weighted by Gasteiger charge is 2.44. The Kier molecular flexibility index (Phi) is 6.53. The second kappa shape index (κ2) is 9.07. The Morgan fingerprint density at radius 2 is 1.46 bits per heavy atom. The van der Waals surface area contributed by atoms with E-state index in [2.05, 4.69) is 5.32 Å². The number of aliphatic carboxylic acids is 1. The van der Waals surface area contributed by atoms with Crippen LogP contribution in [-0.4, -0.2) is 55.2 Å². The number of nitrogens with one attached hydrogen (secondary N) is 1. The van der Waals surface area contributed by atoms with Crippen molar-refractivity contribution in [2.45, 2.75) is 10.9 Å². The van der Waals surface area contributed by atoms with E-state index in [4.69, 9.17) is 18.9 Å². The predicted octanol–water partition coefficient (Wildman–Crippen LogP) is 2.65. The molecule has 28 heavy (non-hydrogen) atoms. The molecule has 7 nitrogen and oxygen atoms in total. The summed E-state index contributed by atoms with van der Waals surface area (Å²) in [5, 5.41) is 12.5. The van der Waals surface area contributed by atoms with Crippen LogP contribution in [0.3, 0.4) is 0 Å². The summed E-state index contributed by atoms with van der Waals surface area (Å²) in [4.78, 5) is 10.7. The number of carboxylic acid groups (broad SMARTS) is 1. The van der Waals surface area contributed by atoms with Crippen LogP contribution in [-0.2, 0) is 4.79 Å². The second-order valence-electron chi connectivity index (χ2n) is 6.22. The molecular weight excluding hydrogens is 382 g/mol. The first-order chi connectivity index (χ1) is 13.6. The van der Waals surface area contributed by atoms with Gasteiger partial charge in [0.05, 0.1) is 14.2 Å². The summed E-state index contributed by atoms with van der Waals surface area (Å²) in [7, 11) is 3.15. The molecule has 3 rings (SSSR count). The largest absolute Gasteiger partial charge is 0.493 e. The van der Waals surface area contributed by atoms with Crippen LogP contribution in [0.5, 0.6) is 23.0 Å². The zero-order valence-electron chi connectivity index (χ0n) is 15.7. The molecule has 0 spiro atoms. The van der Waals surface area contributed by atoms with Crippen LogP contribution in [0, 0.1) is 0 Å². The zero-order chi connectivity index (χ0) is 20.0. The van der Waals surface area contributed by atoms with Gasteiger partial charge in [-0.25, -0.2) is 0 Å². The molecule has 0 aromatic heterocycles. The first-order valence-electron chi connectivity index (χ1n) is 8.73. The standard InChI is InChI=1S/C20H23NO6S/c1-24-15-7-3-5-9-17(15)26-12-20(21-14(11-28-20)19(22)23)13-27-18-10-6-4-8-16(18)25-2/h3-10,14,21H,11-13H2,1-2H3,(H,22,23). The fourth-order valence-corrected chi connectivity index (χ4v) is 4.07. The number of thioether (sulfide) groups is 1. The van der Waals surface area contributed by atoms with Gasteiger partial charge in [-0.05, 0) is 24.3 Å². The van der Waals surface area contributed by atoms with Crippen molar-refractivity contribution in [1.82, 2.24) is 5.32 Å². The summed E-state index contributed by atoms with van der Waals surface area (Å²) < 4.78 is 22.6. The smallest absolute Gasteiger partial charge is 0.321 e. The highest BCUT2D eigenvalue weighted by molar-refractivity contribution is 8.01. The van der Waals surface area contributed by atoms with Crippen LogP contribution < -0.4 is 24.3 Å². The van der Waals surface area contributed by atoms with E-state index in [1.807, 2.05) is 48.5 Å². The van der Waals surface area contributed by atoms with Crippen molar-refractivity contribution < 1.29 is 28.8 Å². The molecule has 0 amide bonds. The minimum absolute atomic E-state index is 0.205. The van der Waals surface area contributed by atoms with Gasteiger partial charge in [0.2, 0.25) is 0 Å². The number of ether oxygens (including phenoxy) is 4. The Balaban J connectivity index is 1.75. The number of benzene rings is 2. The molecule has 8 heteroatoms. The van der Waals surface area contributed by atoms with Crippen LogP contribution in [0.15, 0.2) is 48.5 Å². The monoisotopic (exact) mass is 405 g/mol. The third kappa shape index (κ3) is 4.63. The molecule has 1 unspecified atom stereocenters. The molecule has 150 valence electrons. The highest BCUT2D eigenvalue weighted by Crippen LogP contribution is 2.35. The second-order valence-corrected chi connectivity index (χ2v) is 7.62. The maximum atomic E-state index is 11.4. The lowest BCUT2D eigenvalue weighted by Gasteiger charge is -2.29. The van der Waals surface area contributed by atoms with Gasteiger partial charge in [0.1, 0.15) is 24.1 Å². The normalized spacial score (nSPS) is 17.7. The van der Waals surface area contributed by atoms with Crippen molar-refractivity contribution in [3.63, 3.8) is 0 Å². The van der Waals surface area contributed by atoms with Crippen molar-refractivity contribution in [2.75, 3.05) is 33.2 Å². The van der Waals surface area contributed by atoms with Crippen LogP contribution in [0.4, 0.5) is 0 Å².